The largest absolute Gasteiger partial charge is 0.400 e. The number of unbranched alkanes of at least 4 members (excludes halogenated alkanes) is 2. The third kappa shape index (κ3) is 8.07. The first-order chi connectivity index (χ1) is 7.41. The number of hydrogen-bond acceptors (Lipinski definition) is 4. The molecule has 0 aliphatic carbocycles. The minimum Gasteiger partial charge on any atom is -0.245 e. The maximum absolute atomic E-state index is 11.4. The van der Waals surface area contributed by atoms with Crippen LogP contribution in [0.25, 0.3) is 0 Å². The topological polar surface area (TPSA) is 52.6 Å². The van der Waals surface area contributed by atoms with Crippen molar-refractivity contribution in [2.75, 3.05) is 0 Å². The third-order valence-corrected chi connectivity index (χ3v) is 3.28. The van der Waals surface area contributed by atoms with Gasteiger partial charge in [-0.3, -0.25) is 0 Å². The molecular formula is C11H24O4S. The summed E-state index contributed by atoms with van der Waals surface area (Å²) in [5.74, 6) is 0. The van der Waals surface area contributed by atoms with Crippen molar-refractivity contribution in [1.29, 1.82) is 0 Å². The molecule has 5 heteroatoms. The van der Waals surface area contributed by atoms with Gasteiger partial charge >= 0.3 is 10.4 Å². The van der Waals surface area contributed by atoms with E-state index in [0.717, 1.165) is 25.7 Å². The van der Waals surface area contributed by atoms with E-state index >= 15 is 0 Å². The molecule has 0 aromatic carbocycles. The normalized spacial score (nSPS) is 14.3. The maximum Gasteiger partial charge on any atom is 0.400 e. The van der Waals surface area contributed by atoms with Crippen LogP contribution in [0.3, 0.4) is 0 Å². The summed E-state index contributed by atoms with van der Waals surface area (Å²) in [5, 5.41) is 0. The lowest BCUT2D eigenvalue weighted by Crippen LogP contribution is -2.22. The molecule has 0 N–H and O–H groups in total. The van der Waals surface area contributed by atoms with Crippen molar-refractivity contribution >= 4 is 10.4 Å². The van der Waals surface area contributed by atoms with Gasteiger partial charge in [0.2, 0.25) is 0 Å². The number of hydrogen-bond donors (Lipinski definition) is 0. The molecule has 0 heterocycles. The van der Waals surface area contributed by atoms with Crippen molar-refractivity contribution in [2.24, 2.45) is 0 Å². The van der Waals surface area contributed by atoms with Crippen molar-refractivity contribution in [3.05, 3.63) is 0 Å². The molecule has 0 aliphatic rings. The van der Waals surface area contributed by atoms with Gasteiger partial charge in [-0.2, -0.15) is 8.42 Å². The highest BCUT2D eigenvalue weighted by atomic mass is 32.3. The summed E-state index contributed by atoms with van der Waals surface area (Å²) < 4.78 is 32.5. The van der Waals surface area contributed by atoms with E-state index in [2.05, 4.69) is 6.92 Å². The van der Waals surface area contributed by atoms with Crippen LogP contribution in [0.1, 0.15) is 59.8 Å². The average Bonchev–Trinajstić information content (AvgIpc) is 2.14. The first kappa shape index (κ1) is 15.9. The Hall–Kier alpha value is -0.130. The van der Waals surface area contributed by atoms with E-state index in [9.17, 15) is 8.42 Å². The zero-order valence-corrected chi connectivity index (χ0v) is 11.5. The summed E-state index contributed by atoms with van der Waals surface area (Å²) in [6, 6.07) is 0. The monoisotopic (exact) mass is 252 g/mol. The van der Waals surface area contributed by atoms with Gasteiger partial charge in [-0.25, -0.2) is 8.37 Å². The van der Waals surface area contributed by atoms with E-state index in [1.807, 2.05) is 6.92 Å². The minimum atomic E-state index is -3.83. The second-order valence-corrected chi connectivity index (χ2v) is 5.38. The van der Waals surface area contributed by atoms with Crippen molar-refractivity contribution in [3.63, 3.8) is 0 Å². The van der Waals surface area contributed by atoms with E-state index < -0.39 is 10.4 Å². The fourth-order valence-corrected chi connectivity index (χ4v) is 2.45. The molecule has 0 rings (SSSR count). The van der Waals surface area contributed by atoms with Crippen LogP contribution in [0, 0.1) is 0 Å². The standard InChI is InChI=1S/C11H24O4S/c1-5-7-8-9-11(6-2)15-16(12,13)14-10(3)4/h10-11H,5-9H2,1-4H3. The van der Waals surface area contributed by atoms with Gasteiger partial charge in [-0.15, -0.1) is 0 Å². The Morgan fingerprint density at radius 1 is 1.06 bits per heavy atom. The first-order valence-electron chi connectivity index (χ1n) is 6.02. The lowest BCUT2D eigenvalue weighted by Gasteiger charge is -2.16. The van der Waals surface area contributed by atoms with Crippen LogP contribution in [-0.2, 0) is 18.8 Å². The average molecular weight is 252 g/mol. The van der Waals surface area contributed by atoms with Gasteiger partial charge in [0.05, 0.1) is 12.2 Å². The van der Waals surface area contributed by atoms with Crippen molar-refractivity contribution in [1.82, 2.24) is 0 Å². The van der Waals surface area contributed by atoms with Gasteiger partial charge in [0.15, 0.2) is 0 Å². The van der Waals surface area contributed by atoms with Crippen molar-refractivity contribution in [3.8, 4) is 0 Å². The van der Waals surface area contributed by atoms with Gasteiger partial charge in [0, 0.05) is 0 Å². The molecule has 0 bridgehead atoms. The summed E-state index contributed by atoms with van der Waals surface area (Å²) in [4.78, 5) is 0. The fraction of sp³-hybridized carbons (Fsp3) is 1.00. The Balaban J connectivity index is 4.09. The summed E-state index contributed by atoms with van der Waals surface area (Å²) >= 11 is 0. The quantitative estimate of drug-likeness (QED) is 0.592. The lowest BCUT2D eigenvalue weighted by molar-refractivity contribution is 0.127. The molecule has 0 saturated carbocycles. The molecule has 0 amide bonds. The van der Waals surface area contributed by atoms with Gasteiger partial charge in [0.1, 0.15) is 0 Å². The van der Waals surface area contributed by atoms with Crippen LogP contribution in [-0.4, -0.2) is 20.6 Å². The molecule has 0 aromatic heterocycles. The summed E-state index contributed by atoms with van der Waals surface area (Å²) in [6.07, 6.45) is 4.03. The molecule has 0 aromatic rings. The van der Waals surface area contributed by atoms with Crippen LogP contribution < -0.4 is 0 Å². The fourth-order valence-electron chi connectivity index (χ4n) is 1.37. The van der Waals surface area contributed by atoms with E-state index in [1.54, 1.807) is 13.8 Å². The predicted octanol–water partition coefficient (Wildman–Crippen LogP) is 3.03. The second kappa shape index (κ2) is 8.03. The van der Waals surface area contributed by atoms with Gasteiger partial charge < -0.3 is 0 Å². The Morgan fingerprint density at radius 3 is 2.12 bits per heavy atom. The van der Waals surface area contributed by atoms with E-state index in [4.69, 9.17) is 8.37 Å². The molecule has 0 spiro atoms. The Bertz CT molecular complexity index is 259. The van der Waals surface area contributed by atoms with Crippen LogP contribution in [0.15, 0.2) is 0 Å². The van der Waals surface area contributed by atoms with Gasteiger partial charge in [-0.1, -0.05) is 33.1 Å². The highest BCUT2D eigenvalue weighted by Crippen LogP contribution is 2.14. The predicted molar refractivity (Wildman–Crippen MR) is 64.4 cm³/mol. The highest BCUT2D eigenvalue weighted by Gasteiger charge is 2.20. The molecule has 1 atom stereocenters. The van der Waals surface area contributed by atoms with Crippen LogP contribution >= 0.6 is 0 Å². The zero-order valence-electron chi connectivity index (χ0n) is 10.7. The van der Waals surface area contributed by atoms with E-state index in [0.29, 0.717) is 6.42 Å². The molecule has 4 nitrogen and oxygen atoms in total. The summed E-state index contributed by atoms with van der Waals surface area (Å²) in [5.41, 5.74) is 0. The lowest BCUT2D eigenvalue weighted by atomic mass is 10.1. The van der Waals surface area contributed by atoms with E-state index in [1.165, 1.54) is 0 Å². The molecule has 16 heavy (non-hydrogen) atoms. The molecule has 0 aliphatic heterocycles. The molecule has 0 saturated heterocycles. The first-order valence-corrected chi connectivity index (χ1v) is 7.36. The van der Waals surface area contributed by atoms with Crippen LogP contribution in [0.2, 0.25) is 0 Å². The molecule has 0 radical (unpaired) electrons. The molecule has 98 valence electrons. The zero-order chi connectivity index (χ0) is 12.6. The van der Waals surface area contributed by atoms with Crippen LogP contribution in [0.5, 0.6) is 0 Å². The van der Waals surface area contributed by atoms with E-state index in [-0.39, 0.29) is 12.2 Å². The van der Waals surface area contributed by atoms with Gasteiger partial charge in [0.25, 0.3) is 0 Å². The summed E-state index contributed by atoms with van der Waals surface area (Å²) in [6.45, 7) is 7.36. The highest BCUT2D eigenvalue weighted by molar-refractivity contribution is 7.81. The minimum absolute atomic E-state index is 0.254. The second-order valence-electron chi connectivity index (χ2n) is 4.18. The number of rotatable bonds is 9. The summed E-state index contributed by atoms with van der Waals surface area (Å²) in [7, 11) is -3.83. The van der Waals surface area contributed by atoms with Crippen molar-refractivity contribution in [2.45, 2.75) is 72.0 Å². The smallest absolute Gasteiger partial charge is 0.245 e. The van der Waals surface area contributed by atoms with Gasteiger partial charge in [-0.05, 0) is 26.7 Å². The third-order valence-electron chi connectivity index (χ3n) is 2.15. The van der Waals surface area contributed by atoms with Crippen molar-refractivity contribution < 1.29 is 16.8 Å². The Morgan fingerprint density at radius 2 is 1.69 bits per heavy atom. The molecular weight excluding hydrogens is 228 g/mol. The maximum atomic E-state index is 11.4. The van der Waals surface area contributed by atoms with Crippen LogP contribution in [0.4, 0.5) is 0 Å². The SMILES string of the molecule is CCCCCC(CC)OS(=O)(=O)OC(C)C. The Kier molecular flexibility index (Phi) is 7.97. The Labute approximate surface area is 99.7 Å². The molecule has 0 fully saturated rings. The molecule has 1 unspecified atom stereocenters.